The number of benzene rings is 1. The molecule has 0 saturated heterocycles. The zero-order valence-electron chi connectivity index (χ0n) is 8.47. The minimum atomic E-state index is 0.184. The predicted molar refractivity (Wildman–Crippen MR) is 65.3 cm³/mol. The van der Waals surface area contributed by atoms with Crippen molar-refractivity contribution in [3.8, 4) is 0 Å². The van der Waals surface area contributed by atoms with E-state index in [4.69, 9.17) is 11.6 Å². The second kappa shape index (κ2) is 4.26. The standard InChI is InChI=1S/C12H12BrClO/c1-2-8-10(6-12(8)15)9-4-3-7(13)5-11(9)14/h3-5,8,10H,2,6H2,1H3. The van der Waals surface area contributed by atoms with Crippen molar-refractivity contribution in [3.63, 3.8) is 0 Å². The third-order valence-corrected chi connectivity index (χ3v) is 3.94. The van der Waals surface area contributed by atoms with Crippen LogP contribution in [0.25, 0.3) is 0 Å². The lowest BCUT2D eigenvalue weighted by molar-refractivity contribution is -0.131. The van der Waals surface area contributed by atoms with E-state index in [-0.39, 0.29) is 5.92 Å². The topological polar surface area (TPSA) is 17.1 Å². The highest BCUT2D eigenvalue weighted by molar-refractivity contribution is 9.10. The van der Waals surface area contributed by atoms with Gasteiger partial charge < -0.3 is 0 Å². The molecule has 1 aliphatic rings. The molecule has 0 radical (unpaired) electrons. The van der Waals surface area contributed by atoms with Crippen LogP contribution in [-0.4, -0.2) is 5.78 Å². The van der Waals surface area contributed by atoms with Crippen molar-refractivity contribution in [2.45, 2.75) is 25.7 Å². The molecule has 0 N–H and O–H groups in total. The molecule has 80 valence electrons. The summed E-state index contributed by atoms with van der Waals surface area (Å²) in [5.74, 6) is 0.897. The lowest BCUT2D eigenvalue weighted by Gasteiger charge is -2.35. The number of carbonyl (C=O) groups excluding carboxylic acids is 1. The summed E-state index contributed by atoms with van der Waals surface area (Å²) in [5.41, 5.74) is 1.12. The highest BCUT2D eigenvalue weighted by Gasteiger charge is 2.39. The molecule has 1 aliphatic carbocycles. The quantitative estimate of drug-likeness (QED) is 0.797. The highest BCUT2D eigenvalue weighted by atomic mass is 79.9. The first-order valence-corrected chi connectivity index (χ1v) is 6.28. The first kappa shape index (κ1) is 11.2. The van der Waals surface area contributed by atoms with Crippen LogP contribution in [0.1, 0.15) is 31.2 Å². The van der Waals surface area contributed by atoms with Crippen molar-refractivity contribution in [1.29, 1.82) is 0 Å². The van der Waals surface area contributed by atoms with Crippen LogP contribution in [0.2, 0.25) is 5.02 Å². The molecule has 0 bridgehead atoms. The third kappa shape index (κ3) is 1.98. The van der Waals surface area contributed by atoms with Gasteiger partial charge in [-0.1, -0.05) is 40.5 Å². The molecule has 0 spiro atoms. The minimum absolute atomic E-state index is 0.184. The summed E-state index contributed by atoms with van der Waals surface area (Å²) < 4.78 is 0.981. The fraction of sp³-hybridized carbons (Fsp3) is 0.417. The normalized spacial score (nSPS) is 25.1. The van der Waals surface area contributed by atoms with Gasteiger partial charge in [-0.2, -0.15) is 0 Å². The van der Waals surface area contributed by atoms with Crippen LogP contribution in [0.15, 0.2) is 22.7 Å². The lowest BCUT2D eigenvalue weighted by atomic mass is 9.68. The zero-order valence-corrected chi connectivity index (χ0v) is 10.8. The monoisotopic (exact) mass is 286 g/mol. The van der Waals surface area contributed by atoms with Gasteiger partial charge in [0.15, 0.2) is 0 Å². The van der Waals surface area contributed by atoms with E-state index in [0.717, 1.165) is 21.5 Å². The lowest BCUT2D eigenvalue weighted by Crippen LogP contribution is -2.34. The van der Waals surface area contributed by atoms with E-state index in [1.165, 1.54) is 0 Å². The van der Waals surface area contributed by atoms with Crippen molar-refractivity contribution in [3.05, 3.63) is 33.3 Å². The van der Waals surface area contributed by atoms with Crippen LogP contribution in [0.4, 0.5) is 0 Å². The maximum absolute atomic E-state index is 11.4. The van der Waals surface area contributed by atoms with Crippen molar-refractivity contribution < 1.29 is 4.79 Å². The molecular formula is C12H12BrClO. The summed E-state index contributed by atoms with van der Waals surface area (Å²) in [4.78, 5) is 11.4. The van der Waals surface area contributed by atoms with Crippen molar-refractivity contribution >= 4 is 33.3 Å². The Morgan fingerprint density at radius 1 is 1.53 bits per heavy atom. The summed E-state index contributed by atoms with van der Waals surface area (Å²) in [6, 6.07) is 5.90. The van der Waals surface area contributed by atoms with Crippen LogP contribution in [-0.2, 0) is 4.79 Å². The molecule has 1 nitrogen and oxygen atoms in total. The van der Waals surface area contributed by atoms with Crippen LogP contribution in [0.3, 0.4) is 0 Å². The molecule has 2 atom stereocenters. The number of hydrogen-bond acceptors (Lipinski definition) is 1. The molecule has 1 fully saturated rings. The summed E-state index contributed by atoms with van der Waals surface area (Å²) in [7, 11) is 0. The SMILES string of the molecule is CCC1C(=O)CC1c1ccc(Br)cc1Cl. The van der Waals surface area contributed by atoms with Crippen LogP contribution in [0, 0.1) is 5.92 Å². The van der Waals surface area contributed by atoms with Crippen molar-refractivity contribution in [2.24, 2.45) is 5.92 Å². The van der Waals surface area contributed by atoms with Gasteiger partial charge in [-0.3, -0.25) is 4.79 Å². The van der Waals surface area contributed by atoms with E-state index < -0.39 is 0 Å². The molecule has 0 aliphatic heterocycles. The first-order valence-electron chi connectivity index (χ1n) is 5.11. The third-order valence-electron chi connectivity index (χ3n) is 3.12. The van der Waals surface area contributed by atoms with Crippen molar-refractivity contribution in [2.75, 3.05) is 0 Å². The van der Waals surface area contributed by atoms with Crippen LogP contribution >= 0.6 is 27.5 Å². The van der Waals surface area contributed by atoms with Gasteiger partial charge in [-0.25, -0.2) is 0 Å². The number of hydrogen-bond donors (Lipinski definition) is 0. The number of ketones is 1. The minimum Gasteiger partial charge on any atom is -0.299 e. The number of carbonyl (C=O) groups is 1. The predicted octanol–water partition coefficient (Wildman–Crippen LogP) is 4.19. The fourth-order valence-electron chi connectivity index (χ4n) is 2.22. The van der Waals surface area contributed by atoms with Gasteiger partial charge in [0.2, 0.25) is 0 Å². The summed E-state index contributed by atoms with van der Waals surface area (Å²) in [6.07, 6.45) is 1.57. The fourth-order valence-corrected chi connectivity index (χ4v) is 3.03. The van der Waals surface area contributed by atoms with E-state index in [1.54, 1.807) is 0 Å². The summed E-state index contributed by atoms with van der Waals surface area (Å²) >= 11 is 9.54. The van der Waals surface area contributed by atoms with Gasteiger partial charge in [0.05, 0.1) is 0 Å². The average molecular weight is 288 g/mol. The van der Waals surface area contributed by atoms with Crippen molar-refractivity contribution in [1.82, 2.24) is 0 Å². The molecule has 2 unspecified atom stereocenters. The maximum atomic E-state index is 11.4. The Balaban J connectivity index is 2.27. The molecule has 1 aromatic carbocycles. The Labute approximate surface area is 103 Å². The summed E-state index contributed by atoms with van der Waals surface area (Å²) in [6.45, 7) is 2.06. The molecule has 0 amide bonds. The molecule has 3 heteroatoms. The van der Waals surface area contributed by atoms with Gasteiger partial charge in [0, 0.05) is 27.8 Å². The van der Waals surface area contributed by atoms with Gasteiger partial charge in [0.1, 0.15) is 5.78 Å². The molecule has 0 heterocycles. The van der Waals surface area contributed by atoms with E-state index >= 15 is 0 Å². The Morgan fingerprint density at radius 2 is 2.27 bits per heavy atom. The van der Waals surface area contributed by atoms with Gasteiger partial charge in [0.25, 0.3) is 0 Å². The van der Waals surface area contributed by atoms with Gasteiger partial charge in [-0.15, -0.1) is 0 Å². The number of Topliss-reactive ketones (excluding diaryl/α,β-unsaturated/α-hetero) is 1. The molecular weight excluding hydrogens is 275 g/mol. The molecule has 1 aromatic rings. The maximum Gasteiger partial charge on any atom is 0.137 e. The largest absolute Gasteiger partial charge is 0.299 e. The Kier molecular flexibility index (Phi) is 3.17. The smallest absolute Gasteiger partial charge is 0.137 e. The molecule has 0 aromatic heterocycles. The van der Waals surface area contributed by atoms with Gasteiger partial charge >= 0.3 is 0 Å². The second-order valence-corrected chi connectivity index (χ2v) is 5.28. The molecule has 15 heavy (non-hydrogen) atoms. The Hall–Kier alpha value is -0.340. The molecule has 2 rings (SSSR count). The van der Waals surface area contributed by atoms with Crippen LogP contribution in [0.5, 0.6) is 0 Å². The van der Waals surface area contributed by atoms with E-state index in [1.807, 2.05) is 18.2 Å². The Bertz CT molecular complexity index is 403. The second-order valence-electron chi connectivity index (χ2n) is 3.96. The average Bonchev–Trinajstić information content (AvgIpc) is 2.16. The Morgan fingerprint density at radius 3 is 2.80 bits per heavy atom. The van der Waals surface area contributed by atoms with Gasteiger partial charge in [-0.05, 0) is 24.1 Å². The van der Waals surface area contributed by atoms with Crippen LogP contribution < -0.4 is 0 Å². The van der Waals surface area contributed by atoms with E-state index in [2.05, 4.69) is 22.9 Å². The van der Waals surface area contributed by atoms with E-state index in [9.17, 15) is 4.79 Å². The first-order chi connectivity index (χ1) is 7.13. The number of halogens is 2. The summed E-state index contributed by atoms with van der Waals surface area (Å²) in [5, 5.41) is 0.764. The molecule has 1 saturated carbocycles. The number of rotatable bonds is 2. The van der Waals surface area contributed by atoms with E-state index in [0.29, 0.717) is 18.1 Å². The highest BCUT2D eigenvalue weighted by Crippen LogP contribution is 2.44. The zero-order chi connectivity index (χ0) is 11.0.